The highest BCUT2D eigenvalue weighted by molar-refractivity contribution is 7.47. The maximum Gasteiger partial charge on any atom is 0.472 e. The van der Waals surface area contributed by atoms with Crippen molar-refractivity contribution in [2.24, 2.45) is 0 Å². The lowest BCUT2D eigenvalue weighted by molar-refractivity contribution is -0.161. The minimum absolute atomic E-state index is 0.0991. The lowest BCUT2D eigenvalue weighted by Crippen LogP contribution is -2.30. The highest BCUT2D eigenvalue weighted by atomic mass is 31.2. The molecule has 468 valence electrons. The van der Waals surface area contributed by atoms with E-state index in [-0.39, 0.29) is 25.7 Å². The van der Waals surface area contributed by atoms with E-state index in [1.807, 2.05) is 0 Å². The zero-order chi connectivity index (χ0) is 58.3. The molecule has 0 aliphatic heterocycles. The van der Waals surface area contributed by atoms with Crippen LogP contribution in [-0.4, -0.2) is 96.7 Å². The van der Waals surface area contributed by atoms with Crippen molar-refractivity contribution < 1.29 is 80.2 Å². The lowest BCUT2D eigenvalue weighted by Gasteiger charge is -2.21. The van der Waals surface area contributed by atoms with Crippen LogP contribution in [0.4, 0.5) is 0 Å². The van der Waals surface area contributed by atoms with E-state index in [9.17, 15) is 43.2 Å². The minimum Gasteiger partial charge on any atom is -0.462 e. The molecule has 2 unspecified atom stereocenters. The molecule has 0 radical (unpaired) electrons. The van der Waals surface area contributed by atoms with Crippen molar-refractivity contribution in [3.05, 3.63) is 0 Å². The van der Waals surface area contributed by atoms with Gasteiger partial charge in [-0.25, -0.2) is 9.13 Å². The van der Waals surface area contributed by atoms with Crippen molar-refractivity contribution in [1.29, 1.82) is 0 Å². The second kappa shape index (κ2) is 55.3. The fraction of sp³-hybridized carbons (Fsp3) is 0.933. The molecule has 0 heterocycles. The average molecular weight is 1170 g/mol. The summed E-state index contributed by atoms with van der Waals surface area (Å²) in [7, 11) is -9.85. The first-order chi connectivity index (χ1) is 38.2. The summed E-state index contributed by atoms with van der Waals surface area (Å²) in [6, 6.07) is 0. The van der Waals surface area contributed by atoms with Gasteiger partial charge in [-0.1, -0.05) is 252 Å². The molecule has 0 aromatic carbocycles. The van der Waals surface area contributed by atoms with Crippen molar-refractivity contribution >= 4 is 39.5 Å². The molecule has 0 rings (SSSR count). The van der Waals surface area contributed by atoms with Gasteiger partial charge in [-0.05, 0) is 25.7 Å². The first-order valence-corrected chi connectivity index (χ1v) is 34.8. The molecule has 0 aromatic heterocycles. The Balaban J connectivity index is 5.01. The molecule has 0 aliphatic carbocycles. The molecular weight excluding hydrogens is 1050 g/mol. The number of rotatable bonds is 61. The van der Waals surface area contributed by atoms with Gasteiger partial charge >= 0.3 is 39.5 Å². The Morgan fingerprint density at radius 1 is 0.304 bits per heavy atom. The van der Waals surface area contributed by atoms with Crippen molar-refractivity contribution in [2.45, 2.75) is 322 Å². The smallest absolute Gasteiger partial charge is 0.462 e. The van der Waals surface area contributed by atoms with Crippen LogP contribution in [0.2, 0.25) is 0 Å². The number of hydrogen-bond donors (Lipinski definition) is 3. The Hall–Kier alpha value is -1.94. The van der Waals surface area contributed by atoms with Gasteiger partial charge in [0.25, 0.3) is 0 Å². The number of aliphatic hydroxyl groups is 1. The van der Waals surface area contributed by atoms with E-state index in [4.69, 9.17) is 37.0 Å². The summed E-state index contributed by atoms with van der Waals surface area (Å²) in [6.45, 7) is 4.66. The number of carbonyl (C=O) groups excluding carboxylic acids is 4. The second-order valence-corrected chi connectivity index (χ2v) is 24.6. The molecule has 79 heavy (non-hydrogen) atoms. The Morgan fingerprint density at radius 3 is 0.747 bits per heavy atom. The summed E-state index contributed by atoms with van der Waals surface area (Å²) in [5, 5.41) is 10.5. The second-order valence-electron chi connectivity index (χ2n) is 21.7. The predicted octanol–water partition coefficient (Wildman–Crippen LogP) is 16.4. The number of carbonyl (C=O) groups is 4. The van der Waals surface area contributed by atoms with Crippen molar-refractivity contribution in [3.8, 4) is 0 Å². The van der Waals surface area contributed by atoms with Gasteiger partial charge in [-0.3, -0.25) is 37.3 Å². The summed E-state index contributed by atoms with van der Waals surface area (Å²) in [4.78, 5) is 71.4. The van der Waals surface area contributed by atoms with E-state index in [2.05, 4.69) is 27.7 Å². The van der Waals surface area contributed by atoms with Gasteiger partial charge in [0, 0.05) is 25.7 Å². The zero-order valence-electron chi connectivity index (χ0n) is 50.3. The molecule has 0 amide bonds. The Bertz CT molecular complexity index is 1540. The fourth-order valence-electron chi connectivity index (χ4n) is 8.93. The first-order valence-electron chi connectivity index (χ1n) is 31.8. The summed E-state index contributed by atoms with van der Waals surface area (Å²) in [5.74, 6) is -2.16. The number of aliphatic hydroxyl groups excluding tert-OH is 1. The molecular formula is C60H116O17P2. The Labute approximate surface area is 479 Å². The fourth-order valence-corrected chi connectivity index (χ4v) is 10.5. The number of ether oxygens (including phenoxy) is 4. The quantitative estimate of drug-likeness (QED) is 0.0222. The maximum absolute atomic E-state index is 12.9. The SMILES string of the molecule is CCCCCCCCCCCCCCCCCCCCCCC(=O)O[C@H](COC(=O)CCCCCCCCCCC)COP(=O)(O)OC[C@@H](O)COP(=O)(O)OC[C@@H](COC(=O)CCCCCCC)OC(=O)CCCCCCC. The molecule has 0 aliphatic rings. The van der Waals surface area contributed by atoms with Crippen LogP contribution in [0.15, 0.2) is 0 Å². The predicted molar refractivity (Wildman–Crippen MR) is 312 cm³/mol. The maximum atomic E-state index is 12.9. The number of unbranched alkanes of at least 4 members (excludes halogenated alkanes) is 35. The highest BCUT2D eigenvalue weighted by Gasteiger charge is 2.30. The zero-order valence-corrected chi connectivity index (χ0v) is 52.1. The van der Waals surface area contributed by atoms with E-state index in [1.165, 1.54) is 128 Å². The normalized spacial score (nSPS) is 14.3. The van der Waals surface area contributed by atoms with E-state index in [0.717, 1.165) is 96.3 Å². The van der Waals surface area contributed by atoms with Crippen LogP contribution >= 0.6 is 15.6 Å². The molecule has 0 aromatic rings. The first kappa shape index (κ1) is 77.1. The van der Waals surface area contributed by atoms with Gasteiger partial charge in [0.15, 0.2) is 12.2 Å². The van der Waals surface area contributed by atoms with Gasteiger partial charge in [-0.2, -0.15) is 0 Å². The van der Waals surface area contributed by atoms with Gasteiger partial charge in [0.1, 0.15) is 19.3 Å². The molecule has 0 fully saturated rings. The van der Waals surface area contributed by atoms with Crippen LogP contribution in [0, 0.1) is 0 Å². The molecule has 0 spiro atoms. The van der Waals surface area contributed by atoms with Gasteiger partial charge in [0.05, 0.1) is 26.4 Å². The summed E-state index contributed by atoms with van der Waals surface area (Å²) >= 11 is 0. The third kappa shape index (κ3) is 55.0. The van der Waals surface area contributed by atoms with Gasteiger partial charge < -0.3 is 33.8 Å². The number of phosphoric ester groups is 2. The van der Waals surface area contributed by atoms with E-state index < -0.39 is 97.5 Å². The Morgan fingerprint density at radius 2 is 0.506 bits per heavy atom. The van der Waals surface area contributed by atoms with E-state index in [0.29, 0.717) is 25.7 Å². The Kier molecular flexibility index (Phi) is 53.9. The highest BCUT2D eigenvalue weighted by Crippen LogP contribution is 2.45. The largest absolute Gasteiger partial charge is 0.472 e. The van der Waals surface area contributed by atoms with Crippen LogP contribution in [0.1, 0.15) is 304 Å². The number of esters is 4. The summed E-state index contributed by atoms with van der Waals surface area (Å²) in [5.41, 5.74) is 0. The molecule has 17 nitrogen and oxygen atoms in total. The number of hydrogen-bond acceptors (Lipinski definition) is 15. The van der Waals surface area contributed by atoms with E-state index >= 15 is 0 Å². The van der Waals surface area contributed by atoms with Crippen LogP contribution < -0.4 is 0 Å². The van der Waals surface area contributed by atoms with Gasteiger partial charge in [0.2, 0.25) is 0 Å². The number of phosphoric acid groups is 2. The third-order valence-corrected chi connectivity index (χ3v) is 15.8. The molecule has 0 bridgehead atoms. The monoisotopic (exact) mass is 1170 g/mol. The molecule has 19 heteroatoms. The summed E-state index contributed by atoms with van der Waals surface area (Å²) in [6.07, 6.45) is 39.9. The van der Waals surface area contributed by atoms with Crippen LogP contribution in [0.3, 0.4) is 0 Å². The van der Waals surface area contributed by atoms with Crippen molar-refractivity contribution in [2.75, 3.05) is 39.6 Å². The molecule has 0 saturated carbocycles. The summed E-state index contributed by atoms with van der Waals surface area (Å²) < 4.78 is 67.3. The minimum atomic E-state index is -4.93. The van der Waals surface area contributed by atoms with Crippen molar-refractivity contribution in [1.82, 2.24) is 0 Å². The average Bonchev–Trinajstić information content (AvgIpc) is 3.42. The third-order valence-electron chi connectivity index (χ3n) is 13.9. The van der Waals surface area contributed by atoms with Crippen LogP contribution in [0.25, 0.3) is 0 Å². The molecule has 0 saturated heterocycles. The van der Waals surface area contributed by atoms with Crippen molar-refractivity contribution in [3.63, 3.8) is 0 Å². The lowest BCUT2D eigenvalue weighted by atomic mass is 10.0. The van der Waals surface area contributed by atoms with E-state index in [1.54, 1.807) is 0 Å². The van der Waals surface area contributed by atoms with Crippen LogP contribution in [-0.2, 0) is 65.4 Å². The molecule has 5 atom stereocenters. The standard InChI is InChI=1S/C60H116O17P2/c1-5-9-13-17-19-21-22-23-24-25-26-27-28-29-30-31-33-35-39-43-47-60(65)77-56(51-71-58(63)45-41-38-34-32-20-18-14-10-6-2)53-75-79(68,69)73-49-54(61)48-72-78(66,67)74-52-55(76-59(64)46-42-37-16-12-8-4)50-70-57(62)44-40-36-15-11-7-3/h54-56,61H,5-53H2,1-4H3,(H,66,67)(H,68,69)/t54-,55+,56+/m0/s1. The molecule has 3 N–H and O–H groups in total. The topological polar surface area (TPSA) is 237 Å². The van der Waals surface area contributed by atoms with Crippen LogP contribution in [0.5, 0.6) is 0 Å². The van der Waals surface area contributed by atoms with Gasteiger partial charge in [-0.15, -0.1) is 0 Å².